The maximum atomic E-state index is 5.18. The molecule has 1 aliphatic carbocycles. The van der Waals surface area contributed by atoms with Crippen molar-refractivity contribution in [2.45, 2.75) is 32.7 Å². The van der Waals surface area contributed by atoms with E-state index in [1.807, 2.05) is 6.92 Å². The van der Waals surface area contributed by atoms with E-state index in [2.05, 4.69) is 27.1 Å². The van der Waals surface area contributed by atoms with Crippen molar-refractivity contribution in [2.75, 3.05) is 32.1 Å². The zero-order valence-corrected chi connectivity index (χ0v) is 11.4. The Kier molecular flexibility index (Phi) is 4.36. The molecule has 0 aromatic carbocycles. The molecule has 0 amide bonds. The lowest BCUT2D eigenvalue weighted by molar-refractivity contribution is 0.289. The van der Waals surface area contributed by atoms with E-state index in [0.29, 0.717) is 5.88 Å². The third kappa shape index (κ3) is 3.10. The fourth-order valence-electron chi connectivity index (χ4n) is 2.17. The van der Waals surface area contributed by atoms with Crippen molar-refractivity contribution in [3.8, 4) is 5.88 Å². The van der Waals surface area contributed by atoms with E-state index >= 15 is 0 Å². The molecule has 0 unspecified atom stereocenters. The first-order valence-corrected chi connectivity index (χ1v) is 6.59. The van der Waals surface area contributed by atoms with E-state index in [4.69, 9.17) is 4.74 Å². The number of anilines is 1. The lowest BCUT2D eigenvalue weighted by atomic mass is 10.3. The number of nitrogens with zero attached hydrogens (tertiary/aromatic N) is 3. The number of rotatable bonds is 7. The molecule has 0 bridgehead atoms. The van der Waals surface area contributed by atoms with E-state index in [0.717, 1.165) is 37.1 Å². The monoisotopic (exact) mass is 250 g/mol. The van der Waals surface area contributed by atoms with Crippen LogP contribution in [0.25, 0.3) is 0 Å². The third-order valence-corrected chi connectivity index (χ3v) is 3.39. The van der Waals surface area contributed by atoms with Crippen molar-refractivity contribution >= 4 is 5.82 Å². The van der Waals surface area contributed by atoms with Crippen LogP contribution < -0.4 is 10.1 Å². The van der Waals surface area contributed by atoms with Gasteiger partial charge in [-0.25, -0.2) is 9.97 Å². The first-order valence-electron chi connectivity index (χ1n) is 6.59. The van der Waals surface area contributed by atoms with Crippen LogP contribution in [0.1, 0.15) is 25.3 Å². The minimum absolute atomic E-state index is 0.641. The highest BCUT2D eigenvalue weighted by Gasteiger charge is 2.27. The van der Waals surface area contributed by atoms with Gasteiger partial charge in [0, 0.05) is 19.1 Å². The average Bonchev–Trinajstić information content (AvgIpc) is 3.21. The van der Waals surface area contributed by atoms with Gasteiger partial charge in [-0.3, -0.25) is 4.90 Å². The molecule has 0 atom stereocenters. The fraction of sp³-hybridized carbons (Fsp3) is 0.692. The zero-order valence-electron chi connectivity index (χ0n) is 11.4. The predicted octanol–water partition coefficient (Wildman–Crippen LogP) is 1.69. The maximum Gasteiger partial charge on any atom is 0.221 e. The van der Waals surface area contributed by atoms with Gasteiger partial charge in [-0.2, -0.15) is 0 Å². The van der Waals surface area contributed by atoms with Gasteiger partial charge in [0.25, 0.3) is 0 Å². The van der Waals surface area contributed by atoms with Crippen molar-refractivity contribution in [1.82, 2.24) is 14.9 Å². The van der Waals surface area contributed by atoms with Gasteiger partial charge in [0.1, 0.15) is 12.1 Å². The Bertz CT molecular complexity index is 393. The molecule has 1 aromatic rings. The van der Waals surface area contributed by atoms with Gasteiger partial charge < -0.3 is 10.1 Å². The molecule has 1 fully saturated rings. The summed E-state index contributed by atoms with van der Waals surface area (Å²) in [6.45, 7) is 7.29. The number of methoxy groups -OCH3 is 1. The molecule has 1 N–H and O–H groups in total. The van der Waals surface area contributed by atoms with Gasteiger partial charge in [0.05, 0.1) is 12.7 Å². The second-order valence-electron chi connectivity index (χ2n) is 4.64. The number of hydrogen-bond donors (Lipinski definition) is 1. The molecule has 18 heavy (non-hydrogen) atoms. The number of hydrogen-bond acceptors (Lipinski definition) is 5. The van der Waals surface area contributed by atoms with Crippen LogP contribution in [0, 0.1) is 6.92 Å². The summed E-state index contributed by atoms with van der Waals surface area (Å²) in [6, 6.07) is 0.817. The topological polar surface area (TPSA) is 50.3 Å². The van der Waals surface area contributed by atoms with Crippen LogP contribution in [0.5, 0.6) is 5.88 Å². The average molecular weight is 250 g/mol. The smallest absolute Gasteiger partial charge is 0.221 e. The molecule has 0 radical (unpaired) electrons. The molecular formula is C13H22N4O. The van der Waals surface area contributed by atoms with E-state index < -0.39 is 0 Å². The molecule has 0 saturated heterocycles. The van der Waals surface area contributed by atoms with Crippen molar-refractivity contribution in [1.29, 1.82) is 0 Å². The maximum absolute atomic E-state index is 5.18. The van der Waals surface area contributed by atoms with Crippen LogP contribution in [0.2, 0.25) is 0 Å². The molecular weight excluding hydrogens is 228 g/mol. The van der Waals surface area contributed by atoms with Crippen molar-refractivity contribution < 1.29 is 4.74 Å². The van der Waals surface area contributed by atoms with Gasteiger partial charge >= 0.3 is 0 Å². The van der Waals surface area contributed by atoms with Gasteiger partial charge in [-0.15, -0.1) is 0 Å². The van der Waals surface area contributed by atoms with Crippen molar-refractivity contribution in [3.63, 3.8) is 0 Å². The number of nitrogens with one attached hydrogen (secondary N) is 1. The van der Waals surface area contributed by atoms with E-state index in [1.165, 1.54) is 19.2 Å². The Hall–Kier alpha value is -1.36. The molecule has 1 saturated carbocycles. The van der Waals surface area contributed by atoms with E-state index in [-0.39, 0.29) is 0 Å². The summed E-state index contributed by atoms with van der Waals surface area (Å²) in [5, 5.41) is 3.36. The first kappa shape index (κ1) is 13.1. The summed E-state index contributed by atoms with van der Waals surface area (Å²) in [5.41, 5.74) is 0.967. The molecule has 5 nitrogen and oxygen atoms in total. The fourth-order valence-corrected chi connectivity index (χ4v) is 2.17. The highest BCUT2D eigenvalue weighted by Crippen LogP contribution is 2.26. The number of aromatic nitrogens is 2. The van der Waals surface area contributed by atoms with Crippen LogP contribution in [0.15, 0.2) is 6.33 Å². The summed E-state index contributed by atoms with van der Waals surface area (Å²) in [5.74, 6) is 1.51. The summed E-state index contributed by atoms with van der Waals surface area (Å²) >= 11 is 0. The van der Waals surface area contributed by atoms with Gasteiger partial charge in [-0.05, 0) is 26.3 Å². The molecule has 0 aliphatic heterocycles. The second kappa shape index (κ2) is 6.00. The second-order valence-corrected chi connectivity index (χ2v) is 4.64. The quantitative estimate of drug-likeness (QED) is 0.798. The van der Waals surface area contributed by atoms with E-state index in [1.54, 1.807) is 7.11 Å². The Labute approximate surface area is 109 Å². The minimum Gasteiger partial charge on any atom is -0.481 e. The summed E-state index contributed by atoms with van der Waals surface area (Å²) in [4.78, 5) is 10.8. The number of ether oxygens (including phenoxy) is 1. The number of likely N-dealkylation sites (N-methyl/N-ethyl adjacent to an activating group) is 1. The molecule has 1 aromatic heterocycles. The van der Waals surface area contributed by atoms with Gasteiger partial charge in [-0.1, -0.05) is 6.92 Å². The molecule has 2 rings (SSSR count). The van der Waals surface area contributed by atoms with Crippen molar-refractivity contribution in [2.24, 2.45) is 0 Å². The van der Waals surface area contributed by atoms with E-state index in [9.17, 15) is 0 Å². The molecule has 0 spiro atoms. The first-order chi connectivity index (χ1) is 8.76. The van der Waals surface area contributed by atoms with Crippen LogP contribution in [-0.4, -0.2) is 47.7 Å². The summed E-state index contributed by atoms with van der Waals surface area (Å²) in [6.07, 6.45) is 4.25. The normalized spacial score (nSPS) is 14.9. The Balaban J connectivity index is 1.85. The standard InChI is InChI=1S/C13H22N4O/c1-4-17(11-5-6-11)8-7-14-12-10(2)13(18-3)16-9-15-12/h9,11H,4-8H2,1-3H3,(H,14,15,16). The summed E-state index contributed by atoms with van der Waals surface area (Å²) in [7, 11) is 1.63. The Morgan fingerprint density at radius 1 is 1.44 bits per heavy atom. The van der Waals surface area contributed by atoms with Crippen molar-refractivity contribution in [3.05, 3.63) is 11.9 Å². The molecule has 1 aliphatic rings. The van der Waals surface area contributed by atoms with Gasteiger partial charge in [0.15, 0.2) is 0 Å². The Morgan fingerprint density at radius 3 is 2.83 bits per heavy atom. The minimum atomic E-state index is 0.641. The lowest BCUT2D eigenvalue weighted by Crippen LogP contribution is -2.31. The largest absolute Gasteiger partial charge is 0.481 e. The Morgan fingerprint density at radius 2 is 2.22 bits per heavy atom. The molecule has 1 heterocycles. The van der Waals surface area contributed by atoms with Gasteiger partial charge in [0.2, 0.25) is 5.88 Å². The lowest BCUT2D eigenvalue weighted by Gasteiger charge is -2.20. The van der Waals surface area contributed by atoms with Crippen LogP contribution in [-0.2, 0) is 0 Å². The molecule has 100 valence electrons. The predicted molar refractivity (Wildman–Crippen MR) is 72.1 cm³/mol. The van der Waals surface area contributed by atoms with Crippen LogP contribution >= 0.6 is 0 Å². The third-order valence-electron chi connectivity index (χ3n) is 3.39. The van der Waals surface area contributed by atoms with Crippen LogP contribution in [0.4, 0.5) is 5.82 Å². The zero-order chi connectivity index (χ0) is 13.0. The highest BCUT2D eigenvalue weighted by molar-refractivity contribution is 5.47. The highest BCUT2D eigenvalue weighted by atomic mass is 16.5. The SMILES string of the molecule is CCN(CCNc1ncnc(OC)c1C)C1CC1. The molecule has 5 heteroatoms. The van der Waals surface area contributed by atoms with Crippen LogP contribution in [0.3, 0.4) is 0 Å². The summed E-state index contributed by atoms with van der Waals surface area (Å²) < 4.78 is 5.18.